The van der Waals surface area contributed by atoms with Crippen LogP contribution in [0.3, 0.4) is 0 Å². The molecule has 0 unspecified atom stereocenters. The van der Waals surface area contributed by atoms with E-state index in [2.05, 4.69) is 411 Å². The largest absolute Gasteiger partial charge is 0.492 e. The minimum atomic E-state index is -0.736. The Morgan fingerprint density at radius 1 is 0.274 bits per heavy atom. The summed E-state index contributed by atoms with van der Waals surface area (Å²) in [7, 11) is 0. The summed E-state index contributed by atoms with van der Waals surface area (Å²) in [4.78, 5) is 0. The van der Waals surface area contributed by atoms with Gasteiger partial charge in [-0.3, -0.25) is 0 Å². The highest BCUT2D eigenvalue weighted by Gasteiger charge is 2.61. The van der Waals surface area contributed by atoms with Crippen LogP contribution < -0.4 is 9.47 Å². The predicted octanol–water partition coefficient (Wildman–Crippen LogP) is 44.1. The Hall–Kier alpha value is -10.4. The molecule has 14 aromatic rings. The lowest BCUT2D eigenvalue weighted by Crippen LogP contribution is -2.54. The smallest absolute Gasteiger partial charge is 0.163 e. The van der Waals surface area contributed by atoms with Gasteiger partial charge in [0, 0.05) is 39.2 Å². The number of hydrogen-bond donors (Lipinski definition) is 0. The zero-order valence-corrected chi connectivity index (χ0v) is 78.8. The molecule has 6 nitrogen and oxygen atoms in total. The summed E-state index contributed by atoms with van der Waals surface area (Å²) >= 11 is 0. The minimum Gasteiger partial charge on any atom is -0.492 e. The van der Waals surface area contributed by atoms with Crippen molar-refractivity contribution in [1.82, 2.24) is 0 Å². The maximum absolute atomic E-state index is 7.16. The summed E-state index contributed by atoms with van der Waals surface area (Å²) in [5.74, 6) is 3.77. The summed E-state index contributed by atoms with van der Waals surface area (Å²) < 4.78 is 39.1. The lowest BCUT2D eigenvalue weighted by molar-refractivity contribution is -0.155. The quantitative estimate of drug-likeness (QED) is 0.0487. The fourth-order valence-corrected chi connectivity index (χ4v) is 21.9. The summed E-state index contributed by atoms with van der Waals surface area (Å²) in [5.41, 5.74) is 15.4. The van der Waals surface area contributed by atoms with Crippen LogP contribution in [0.25, 0.3) is 65.3 Å². The number of fused-ring (bicyclic) bond motifs is 10. The fraction of sp³-hybridized carbons (Fsp3) is 0.457. The van der Waals surface area contributed by atoms with Crippen LogP contribution in [-0.4, -0.2) is 56.6 Å². The van der Waals surface area contributed by atoms with Gasteiger partial charge in [-0.1, -0.05) is 576 Å². The van der Waals surface area contributed by atoms with Gasteiger partial charge in [0.15, 0.2) is 5.79 Å². The van der Waals surface area contributed by atoms with Crippen molar-refractivity contribution in [2.75, 3.05) is 26.4 Å². The van der Waals surface area contributed by atoms with Crippen molar-refractivity contribution in [3.63, 3.8) is 0 Å². The monoisotopic (exact) mass is 1990 g/mol. The number of benzene rings is 14. The van der Waals surface area contributed by atoms with E-state index in [1.54, 1.807) is 0 Å². The van der Waals surface area contributed by atoms with Crippen molar-refractivity contribution >= 4 is 43.1 Å². The van der Waals surface area contributed by atoms with Crippen molar-refractivity contribution in [2.45, 2.75) is 385 Å². The van der Waals surface area contributed by atoms with Crippen LogP contribution in [0.15, 0.2) is 328 Å². The molecule has 0 bridgehead atoms. The molecular formula is C140H214O6. The van der Waals surface area contributed by atoms with Crippen LogP contribution in [0.4, 0.5) is 0 Å². The molecule has 0 amide bonds. The molecule has 0 aromatic heterocycles. The molecule has 0 spiro atoms. The molecule has 810 valence electrons. The molecule has 4 aliphatic rings. The third kappa shape index (κ3) is 32.8. The summed E-state index contributed by atoms with van der Waals surface area (Å²) in [6.07, 6.45) is 21.2. The van der Waals surface area contributed by atoms with E-state index in [0.717, 1.165) is 87.2 Å². The van der Waals surface area contributed by atoms with Crippen molar-refractivity contribution in [1.29, 1.82) is 0 Å². The van der Waals surface area contributed by atoms with Crippen molar-refractivity contribution in [2.24, 2.45) is 17.3 Å². The van der Waals surface area contributed by atoms with E-state index in [-0.39, 0.29) is 151 Å². The fourth-order valence-electron chi connectivity index (χ4n) is 21.9. The maximum Gasteiger partial charge on any atom is 0.163 e. The SMILES string of the molecule is C.C.C.C.C.C.C.C.C.C.C.C.C.C.C.C.C.C.CCCC(c1ccccc1)(c1ccccc1)[C@@H]1OC(C)(C)O[C@H]1C(CCC)(c1ccccc1)c1ccccc1.CCCC1(C)COc2ccc3ccccc3c2-c2c(ccc3ccccc23)OC1.CCC[C@@H]1CO[C@@H]2[C@@H](CCC)CO[C@H]12.CCC[C@H](c1ccccc1)[C@H](CCC)c1ccccc1.CCCc1ccc2ccccc2c1-c1c(CCC)ccc2ccccc12. The van der Waals surface area contributed by atoms with Crippen LogP contribution in [-0.2, 0) is 42.6 Å². The average molecular weight is 1990 g/mol. The Morgan fingerprint density at radius 3 is 0.808 bits per heavy atom. The predicted molar refractivity (Wildman–Crippen MR) is 662 cm³/mol. The molecule has 4 heterocycles. The van der Waals surface area contributed by atoms with Gasteiger partial charge < -0.3 is 28.4 Å². The molecule has 18 rings (SSSR count). The van der Waals surface area contributed by atoms with E-state index in [0.29, 0.717) is 49.1 Å². The lowest BCUT2D eigenvalue weighted by Gasteiger charge is -2.48. The molecule has 8 atom stereocenters. The van der Waals surface area contributed by atoms with E-state index < -0.39 is 16.6 Å². The third-order valence-electron chi connectivity index (χ3n) is 27.6. The maximum atomic E-state index is 7.16. The third-order valence-corrected chi connectivity index (χ3v) is 27.6. The van der Waals surface area contributed by atoms with Gasteiger partial charge >= 0.3 is 0 Å². The second-order valence-electron chi connectivity index (χ2n) is 37.3. The van der Waals surface area contributed by atoms with Gasteiger partial charge in [0.1, 0.15) is 23.7 Å². The van der Waals surface area contributed by atoms with Gasteiger partial charge in [-0.05, 0) is 194 Å². The topological polar surface area (TPSA) is 55.4 Å². The first-order valence-corrected chi connectivity index (χ1v) is 48.9. The van der Waals surface area contributed by atoms with Crippen LogP contribution >= 0.6 is 0 Å². The van der Waals surface area contributed by atoms with E-state index >= 15 is 0 Å². The Balaban J connectivity index is -0.000000567. The number of rotatable bonds is 28. The van der Waals surface area contributed by atoms with E-state index in [9.17, 15) is 0 Å². The lowest BCUT2D eigenvalue weighted by atomic mass is 9.59. The van der Waals surface area contributed by atoms with Crippen LogP contribution in [0.1, 0.15) is 376 Å². The Labute approximate surface area is 900 Å². The molecule has 0 saturated carbocycles. The van der Waals surface area contributed by atoms with Crippen molar-refractivity contribution in [3.05, 3.63) is 372 Å². The first kappa shape index (κ1) is 144. The molecule has 3 fully saturated rings. The van der Waals surface area contributed by atoms with Crippen LogP contribution in [0, 0.1) is 17.3 Å². The average Bonchev–Trinajstić information content (AvgIpc) is 1.60. The molecule has 6 heteroatoms. The van der Waals surface area contributed by atoms with Gasteiger partial charge in [-0.2, -0.15) is 0 Å². The zero-order chi connectivity index (χ0) is 89.3. The molecule has 3 saturated heterocycles. The number of hydrogen-bond acceptors (Lipinski definition) is 6. The van der Waals surface area contributed by atoms with Gasteiger partial charge in [-0.25, -0.2) is 0 Å². The Bertz CT molecular complexity index is 5310. The van der Waals surface area contributed by atoms with Crippen LogP contribution in [0.2, 0.25) is 0 Å². The Kier molecular flexibility index (Phi) is 68.8. The number of ether oxygens (including phenoxy) is 6. The van der Waals surface area contributed by atoms with E-state index in [4.69, 9.17) is 28.4 Å². The summed E-state index contributed by atoms with van der Waals surface area (Å²) in [5, 5.41) is 10.2. The molecule has 0 aliphatic carbocycles. The molecule has 4 aliphatic heterocycles. The molecular weight excluding hydrogens is 1780 g/mol. The van der Waals surface area contributed by atoms with Crippen molar-refractivity contribution < 1.29 is 28.4 Å². The second-order valence-corrected chi connectivity index (χ2v) is 37.3. The molecule has 14 aromatic carbocycles. The van der Waals surface area contributed by atoms with E-state index in [1.807, 2.05) is 0 Å². The van der Waals surface area contributed by atoms with Crippen LogP contribution in [0.5, 0.6) is 11.5 Å². The van der Waals surface area contributed by atoms with Gasteiger partial charge in [-0.15, -0.1) is 0 Å². The van der Waals surface area contributed by atoms with Crippen molar-refractivity contribution in [3.8, 4) is 33.8 Å². The van der Waals surface area contributed by atoms with Gasteiger partial charge in [0.25, 0.3) is 0 Å². The van der Waals surface area contributed by atoms with Gasteiger partial charge in [0.05, 0.1) is 38.6 Å². The normalized spacial score (nSPS) is 16.1. The van der Waals surface area contributed by atoms with Gasteiger partial charge in [0.2, 0.25) is 0 Å². The first-order chi connectivity index (χ1) is 62.7. The van der Waals surface area contributed by atoms with E-state index in [1.165, 1.54) is 163 Å². The molecule has 0 radical (unpaired) electrons. The zero-order valence-electron chi connectivity index (χ0n) is 78.8. The summed E-state index contributed by atoms with van der Waals surface area (Å²) in [6, 6.07) is 119. The second kappa shape index (κ2) is 69.7. The molecule has 146 heavy (non-hydrogen) atoms. The highest BCUT2D eigenvalue weighted by molar-refractivity contribution is 6.10. The number of aryl methyl sites for hydroxylation is 2. The first-order valence-electron chi connectivity index (χ1n) is 48.9. The molecule has 0 N–H and O–H groups in total. The summed E-state index contributed by atoms with van der Waals surface area (Å²) in [6.45, 7) is 30.0. The minimum absolute atomic E-state index is 0. The Morgan fingerprint density at radius 2 is 0.541 bits per heavy atom. The standard InChI is InChI=1S/C37H42O2.C27H26O2.C26H26.C20H26.C12H22O2.18CH4/c1-5-27-36(29-19-11-7-12-20-29,30-21-13-8-14-22-30)33-34(39-35(3,4)38-33)37(28-6-2,31-23-15-9-16-24-31)32-25-17-10-18-26-32;1-3-16-27(2)17-28-23-14-12-19-8-4-6-10-21(19)25(23)26-22-11-7-5-9-20(22)13-15-24(26)29-18-27;1-3-9-21-17-15-19-11-5-7-13-23(19)25(21)26-22(10-4-2)18-16-20-12-6-8-14-24(20)26;1-3-11-19(17-13-7-5-8-14-17)20(12-4-2)18-15-9-6-10-16-18;1-3-5-9-7-13-12-10(6-4-2)8-14-11(9)12;;;;;;;;;;;;;;;;;;/h7-26,33-34H,5-6,27-28H2,1-4H3;4-15H,3,16-18H2,1-2H3;5-8,11-18H,3-4,9-10H2,1-2H3;5-10,13-16,19-20H,3-4,11-12H2,1-2H3;9-12H,3-8H2,1-2H3;18*1H4/t33-,34-;;;19-,20-;9-,10+,11-,12-;;;;;;;;;;;;;;;;;;/m1..11................../s1. The highest BCUT2D eigenvalue weighted by Crippen LogP contribution is 2.56. The highest BCUT2D eigenvalue weighted by atomic mass is 16.8.